The molecule has 0 bridgehead atoms. The molecule has 0 saturated carbocycles. The standard InChI is InChI=1S/C38H24Cl4N4O6/c1-49-21-9-3-17(4-10-21)33-29(41)37(47)45(33)19-7-13-23-25(15-19)51-35-27(39)32-36(28(40)31(35)43-23)52-26-16-20(8-14-24(26)44-32)46-34(30(42)38(46)48)18-5-11-22(50-2)12-6-18/h3-16,29-30,33-34H,1-2H3. The molecule has 0 aromatic heterocycles. The van der Waals surface area contributed by atoms with Crippen molar-refractivity contribution in [1.82, 2.24) is 0 Å². The number of β-lactam (4-membered cyclic amide) rings is 2. The van der Waals surface area contributed by atoms with Crippen LogP contribution in [0.25, 0.3) is 0 Å². The van der Waals surface area contributed by atoms with Crippen LogP contribution >= 0.6 is 46.4 Å². The van der Waals surface area contributed by atoms with E-state index in [1.165, 1.54) is 0 Å². The van der Waals surface area contributed by atoms with Gasteiger partial charge in [-0.25, -0.2) is 9.98 Å². The first-order chi connectivity index (χ1) is 25.2. The Bertz CT molecular complexity index is 2310. The van der Waals surface area contributed by atoms with Crippen LogP contribution in [0.1, 0.15) is 23.2 Å². The highest BCUT2D eigenvalue weighted by molar-refractivity contribution is 6.38. The minimum Gasteiger partial charge on any atom is -0.497 e. The molecule has 2 saturated heterocycles. The van der Waals surface area contributed by atoms with Gasteiger partial charge < -0.3 is 28.7 Å². The van der Waals surface area contributed by atoms with Crippen molar-refractivity contribution in [3.05, 3.63) is 117 Å². The second-order valence-electron chi connectivity index (χ2n) is 12.4. The van der Waals surface area contributed by atoms with Crippen molar-refractivity contribution in [2.75, 3.05) is 24.0 Å². The van der Waals surface area contributed by atoms with E-state index < -0.39 is 22.8 Å². The van der Waals surface area contributed by atoms with Gasteiger partial charge in [-0.1, -0.05) is 47.5 Å². The summed E-state index contributed by atoms with van der Waals surface area (Å²) >= 11 is 26.9. The number of anilines is 2. The van der Waals surface area contributed by atoms with Gasteiger partial charge in [0.25, 0.3) is 0 Å². The fourth-order valence-corrected chi connectivity index (χ4v) is 8.08. The molecule has 2 fully saturated rings. The smallest absolute Gasteiger partial charge is 0.248 e. The summed E-state index contributed by atoms with van der Waals surface area (Å²) in [5.41, 5.74) is 3.82. The predicted molar refractivity (Wildman–Crippen MR) is 197 cm³/mol. The van der Waals surface area contributed by atoms with Gasteiger partial charge in [0.05, 0.1) is 26.3 Å². The summed E-state index contributed by atoms with van der Waals surface area (Å²) in [6, 6.07) is 24.5. The summed E-state index contributed by atoms with van der Waals surface area (Å²) < 4.78 is 23.2. The van der Waals surface area contributed by atoms with E-state index in [2.05, 4.69) is 0 Å². The summed E-state index contributed by atoms with van der Waals surface area (Å²) in [4.78, 5) is 38.8. The van der Waals surface area contributed by atoms with Gasteiger partial charge in [0.2, 0.25) is 11.8 Å². The maximum absolute atomic E-state index is 13.0. The van der Waals surface area contributed by atoms with Gasteiger partial charge in [0, 0.05) is 23.5 Å². The summed E-state index contributed by atoms with van der Waals surface area (Å²) in [5, 5.41) is -0.643. The number of ether oxygens (including phenoxy) is 4. The second-order valence-corrected chi connectivity index (χ2v) is 14.1. The monoisotopic (exact) mass is 772 g/mol. The van der Waals surface area contributed by atoms with Crippen LogP contribution in [-0.2, 0) is 9.59 Å². The zero-order chi connectivity index (χ0) is 36.0. The summed E-state index contributed by atoms with van der Waals surface area (Å²) in [6.45, 7) is 0. The molecule has 4 aliphatic heterocycles. The van der Waals surface area contributed by atoms with Crippen LogP contribution in [0.3, 0.4) is 0 Å². The fraction of sp³-hybridized carbons (Fsp3) is 0.158. The zero-order valence-corrected chi connectivity index (χ0v) is 30.2. The molecule has 0 aliphatic carbocycles. The van der Waals surface area contributed by atoms with E-state index in [1.54, 1.807) is 60.4 Å². The summed E-state index contributed by atoms with van der Waals surface area (Å²) in [7, 11) is 3.18. The van der Waals surface area contributed by atoms with Gasteiger partial charge in [-0.15, -0.1) is 23.2 Å². The number of fused-ring (bicyclic) bond motifs is 4. The van der Waals surface area contributed by atoms with Gasteiger partial charge in [-0.05, 0) is 59.7 Å². The lowest BCUT2D eigenvalue weighted by Gasteiger charge is -2.44. The molecule has 10 nitrogen and oxygen atoms in total. The number of halogens is 4. The molecule has 2 amide bonds. The quantitative estimate of drug-likeness (QED) is 0.124. The fourth-order valence-electron chi connectivity index (χ4n) is 6.84. The average Bonchev–Trinajstić information content (AvgIpc) is 3.18. The van der Waals surface area contributed by atoms with Gasteiger partial charge in [-0.2, -0.15) is 0 Å². The van der Waals surface area contributed by atoms with E-state index in [0.29, 0.717) is 45.7 Å². The number of hydrogen-bond acceptors (Lipinski definition) is 8. The van der Waals surface area contributed by atoms with Crippen LogP contribution in [0.4, 0.5) is 22.7 Å². The predicted octanol–water partition coefficient (Wildman–Crippen LogP) is 8.52. The van der Waals surface area contributed by atoms with Crippen molar-refractivity contribution < 1.29 is 28.5 Å². The Balaban J connectivity index is 1.04. The molecule has 52 heavy (non-hydrogen) atoms. The lowest BCUT2D eigenvalue weighted by molar-refractivity contribution is -0.124. The molecule has 0 N–H and O–H groups in total. The summed E-state index contributed by atoms with van der Waals surface area (Å²) in [5.74, 6) is 2.05. The van der Waals surface area contributed by atoms with Crippen LogP contribution in [-0.4, -0.2) is 36.8 Å². The number of alkyl halides is 2. The van der Waals surface area contributed by atoms with Crippen molar-refractivity contribution >= 4 is 81.0 Å². The normalized spacial score (nSPS) is 20.7. The van der Waals surface area contributed by atoms with Crippen molar-refractivity contribution in [3.63, 3.8) is 0 Å². The van der Waals surface area contributed by atoms with E-state index in [1.807, 2.05) is 48.5 Å². The van der Waals surface area contributed by atoms with Crippen molar-refractivity contribution in [3.8, 4) is 34.5 Å². The molecule has 4 heterocycles. The first kappa shape index (κ1) is 32.9. The minimum absolute atomic E-state index is 0.142. The van der Waals surface area contributed by atoms with Crippen LogP contribution in [0, 0.1) is 0 Å². The third-order valence-electron chi connectivity index (χ3n) is 9.55. The van der Waals surface area contributed by atoms with Gasteiger partial charge in [0.15, 0.2) is 23.0 Å². The molecule has 5 aromatic carbocycles. The van der Waals surface area contributed by atoms with E-state index >= 15 is 0 Å². The van der Waals surface area contributed by atoms with Crippen molar-refractivity contribution in [2.24, 2.45) is 9.98 Å². The molecule has 260 valence electrons. The highest BCUT2D eigenvalue weighted by Crippen LogP contribution is 2.49. The molecule has 4 atom stereocenters. The Kier molecular flexibility index (Phi) is 7.78. The van der Waals surface area contributed by atoms with E-state index in [9.17, 15) is 9.59 Å². The Morgan fingerprint density at radius 3 is 1.35 bits per heavy atom. The number of hydrogen-bond donors (Lipinski definition) is 0. The van der Waals surface area contributed by atoms with Crippen LogP contribution < -0.4 is 39.5 Å². The summed E-state index contributed by atoms with van der Waals surface area (Å²) in [6.07, 6.45) is 0. The molecular weight excluding hydrogens is 750 g/mol. The maximum Gasteiger partial charge on any atom is 0.248 e. The number of benzene rings is 5. The van der Waals surface area contributed by atoms with Crippen molar-refractivity contribution in [1.29, 1.82) is 0 Å². The molecule has 0 spiro atoms. The number of carbonyl (C=O) groups is 2. The van der Waals surface area contributed by atoms with Crippen LogP contribution in [0.2, 0.25) is 10.0 Å². The Morgan fingerprint density at radius 2 is 0.981 bits per heavy atom. The third-order valence-corrected chi connectivity index (χ3v) is 11.1. The topological polar surface area (TPSA) is 102 Å². The molecular formula is C38H24Cl4N4O6. The van der Waals surface area contributed by atoms with E-state index in [-0.39, 0.29) is 44.1 Å². The van der Waals surface area contributed by atoms with E-state index in [4.69, 9.17) is 75.3 Å². The largest absolute Gasteiger partial charge is 0.497 e. The zero-order valence-electron chi connectivity index (χ0n) is 27.1. The second kappa shape index (κ2) is 12.3. The molecule has 4 unspecified atom stereocenters. The Labute approximate surface area is 316 Å². The number of rotatable bonds is 6. The van der Waals surface area contributed by atoms with Crippen LogP contribution in [0.15, 0.2) is 94.9 Å². The average molecular weight is 774 g/mol. The van der Waals surface area contributed by atoms with Crippen molar-refractivity contribution in [2.45, 2.75) is 22.8 Å². The lowest BCUT2D eigenvalue weighted by atomic mass is 9.92. The van der Waals surface area contributed by atoms with Crippen LogP contribution in [0.5, 0.6) is 34.5 Å². The number of nitrogens with zero attached hydrogens (tertiary/aromatic N) is 4. The number of carbonyl (C=O) groups excluding carboxylic acids is 2. The molecule has 9 rings (SSSR count). The SMILES string of the molecule is COc1ccc(C2C(Cl)C(=O)N2c2ccc3c(c2)Oc2c(Cl)c4c(c(Cl)c2=N3)Oc2cc(N3C(=O)C(Cl)C3c3ccc(OC)cc3)ccc2N=4)cc1. The number of amides is 2. The van der Waals surface area contributed by atoms with Gasteiger partial charge in [-0.3, -0.25) is 9.59 Å². The molecule has 14 heteroatoms. The third kappa shape index (κ3) is 4.93. The molecule has 5 aromatic rings. The molecule has 0 radical (unpaired) electrons. The number of methoxy groups -OCH3 is 2. The Hall–Kier alpha value is -5.00. The Morgan fingerprint density at radius 1 is 0.596 bits per heavy atom. The first-order valence-corrected chi connectivity index (χ1v) is 17.6. The van der Waals surface area contributed by atoms with E-state index in [0.717, 1.165) is 11.1 Å². The maximum atomic E-state index is 13.0. The molecule has 4 aliphatic rings. The highest BCUT2D eigenvalue weighted by Gasteiger charge is 2.49. The van der Waals surface area contributed by atoms with Gasteiger partial charge >= 0.3 is 0 Å². The first-order valence-electron chi connectivity index (χ1n) is 16.0. The minimum atomic E-state index is -0.727. The lowest BCUT2D eigenvalue weighted by Crippen LogP contribution is -2.56. The highest BCUT2D eigenvalue weighted by atomic mass is 35.5. The van der Waals surface area contributed by atoms with Gasteiger partial charge in [0.1, 0.15) is 54.4 Å².